The largest absolute Gasteiger partial charge is 0.495 e. The van der Waals surface area contributed by atoms with E-state index >= 15 is 0 Å². The van der Waals surface area contributed by atoms with Gasteiger partial charge >= 0.3 is 0 Å². The molecule has 0 saturated heterocycles. The van der Waals surface area contributed by atoms with Gasteiger partial charge in [-0.25, -0.2) is 4.98 Å². The van der Waals surface area contributed by atoms with E-state index in [1.54, 1.807) is 31.3 Å². The van der Waals surface area contributed by atoms with Crippen molar-refractivity contribution >= 4 is 45.0 Å². The summed E-state index contributed by atoms with van der Waals surface area (Å²) < 4.78 is 17.9. The Morgan fingerprint density at radius 3 is 2.20 bits per heavy atom. The van der Waals surface area contributed by atoms with Crippen molar-refractivity contribution in [2.45, 2.75) is 0 Å². The van der Waals surface area contributed by atoms with Crippen LogP contribution < -0.4 is 19.1 Å². The second-order valence-corrected chi connectivity index (χ2v) is 8.79. The Morgan fingerprint density at radius 2 is 1.51 bits per heavy atom. The molecular formula is C26H28ClN3O4S. The van der Waals surface area contributed by atoms with Crippen LogP contribution in [0.4, 0.5) is 5.13 Å². The molecule has 0 radical (unpaired) electrons. The average Bonchev–Trinajstić information content (AvgIpc) is 3.29. The Labute approximate surface area is 215 Å². The molecule has 0 atom stereocenters. The highest BCUT2D eigenvalue weighted by Crippen LogP contribution is 2.40. The molecule has 0 aliphatic carbocycles. The monoisotopic (exact) mass is 513 g/mol. The normalized spacial score (nSPS) is 10.7. The number of likely N-dealkylation sites (N-methyl/N-ethyl adjacent to an activating group) is 1. The summed E-state index contributed by atoms with van der Waals surface area (Å²) in [7, 11) is 7.16. The number of aromatic nitrogens is 1. The van der Waals surface area contributed by atoms with E-state index in [1.807, 2.05) is 73.6 Å². The lowest BCUT2D eigenvalue weighted by Crippen LogP contribution is -2.36. The molecule has 1 amide bonds. The minimum absolute atomic E-state index is 0. The van der Waals surface area contributed by atoms with E-state index in [0.29, 0.717) is 52.3 Å². The molecule has 184 valence electrons. The lowest BCUT2D eigenvalue weighted by molar-refractivity contribution is 0.0983. The predicted molar refractivity (Wildman–Crippen MR) is 143 cm³/mol. The van der Waals surface area contributed by atoms with E-state index in [-0.39, 0.29) is 18.3 Å². The number of halogens is 1. The summed E-state index contributed by atoms with van der Waals surface area (Å²) >= 11 is 1.40. The quantitative estimate of drug-likeness (QED) is 0.284. The summed E-state index contributed by atoms with van der Waals surface area (Å²) in [5, 5.41) is 0.569. The van der Waals surface area contributed by atoms with E-state index in [2.05, 4.69) is 0 Å². The molecule has 0 spiro atoms. The topological polar surface area (TPSA) is 64.1 Å². The Bertz CT molecular complexity index is 1240. The smallest absolute Gasteiger partial charge is 0.263 e. The van der Waals surface area contributed by atoms with E-state index in [0.717, 1.165) is 4.70 Å². The maximum atomic E-state index is 13.9. The number of amides is 1. The number of hydrogen-bond donors (Lipinski definition) is 0. The van der Waals surface area contributed by atoms with Gasteiger partial charge in [0.05, 0.1) is 19.8 Å². The third-order valence-corrected chi connectivity index (χ3v) is 6.33. The number of carbonyl (C=O) groups excluding carboxylic acids is 1. The highest BCUT2D eigenvalue weighted by Gasteiger charge is 2.26. The highest BCUT2D eigenvalue weighted by molar-refractivity contribution is 7.22. The van der Waals surface area contributed by atoms with Gasteiger partial charge in [0, 0.05) is 13.1 Å². The first-order valence-corrected chi connectivity index (χ1v) is 11.6. The van der Waals surface area contributed by atoms with Crippen LogP contribution in [0.2, 0.25) is 0 Å². The molecule has 0 bridgehead atoms. The first-order chi connectivity index (χ1) is 16.5. The zero-order valence-corrected chi connectivity index (χ0v) is 21.7. The lowest BCUT2D eigenvalue weighted by Gasteiger charge is -2.23. The van der Waals surface area contributed by atoms with Crippen LogP contribution in [0.3, 0.4) is 0 Å². The number of nitrogens with zero attached hydrogens (tertiary/aromatic N) is 3. The van der Waals surface area contributed by atoms with Crippen molar-refractivity contribution < 1.29 is 19.0 Å². The van der Waals surface area contributed by atoms with Gasteiger partial charge in [-0.05, 0) is 50.5 Å². The van der Waals surface area contributed by atoms with Crippen LogP contribution in [0.1, 0.15) is 10.4 Å². The van der Waals surface area contributed by atoms with Crippen molar-refractivity contribution in [2.75, 3.05) is 46.3 Å². The van der Waals surface area contributed by atoms with Gasteiger partial charge in [0.1, 0.15) is 33.2 Å². The van der Waals surface area contributed by atoms with E-state index in [4.69, 9.17) is 19.2 Å². The van der Waals surface area contributed by atoms with Crippen LogP contribution in [0.15, 0.2) is 66.7 Å². The number of hydrogen-bond acceptors (Lipinski definition) is 7. The Balaban J connectivity index is 0.00000342. The molecule has 0 fully saturated rings. The van der Waals surface area contributed by atoms with E-state index in [9.17, 15) is 4.79 Å². The van der Waals surface area contributed by atoms with Crippen LogP contribution in [-0.2, 0) is 0 Å². The van der Waals surface area contributed by atoms with Gasteiger partial charge in [-0.3, -0.25) is 9.69 Å². The number of fused-ring (bicyclic) bond motifs is 1. The molecule has 0 N–H and O–H groups in total. The zero-order chi connectivity index (χ0) is 24.1. The van der Waals surface area contributed by atoms with Crippen LogP contribution in [0, 0.1) is 0 Å². The van der Waals surface area contributed by atoms with Gasteiger partial charge in [0.25, 0.3) is 5.91 Å². The van der Waals surface area contributed by atoms with Crippen LogP contribution in [0.5, 0.6) is 23.0 Å². The van der Waals surface area contributed by atoms with Crippen LogP contribution in [0.25, 0.3) is 10.2 Å². The van der Waals surface area contributed by atoms with Gasteiger partial charge in [-0.2, -0.15) is 0 Å². The maximum Gasteiger partial charge on any atom is 0.263 e. The molecule has 4 rings (SSSR count). The Hall–Kier alpha value is -3.33. The number of anilines is 1. The summed E-state index contributed by atoms with van der Waals surface area (Å²) in [6.45, 7) is 1.12. The molecule has 4 aromatic rings. The lowest BCUT2D eigenvalue weighted by atomic mass is 10.1. The molecule has 9 heteroatoms. The number of thiazole rings is 1. The zero-order valence-electron chi connectivity index (χ0n) is 20.1. The molecule has 3 aromatic carbocycles. The number of methoxy groups -OCH3 is 2. The number of carbonyl (C=O) groups is 1. The molecule has 35 heavy (non-hydrogen) atoms. The fourth-order valence-corrected chi connectivity index (χ4v) is 4.57. The summed E-state index contributed by atoms with van der Waals surface area (Å²) in [4.78, 5) is 22.4. The van der Waals surface area contributed by atoms with Crippen molar-refractivity contribution in [1.82, 2.24) is 9.88 Å². The summed E-state index contributed by atoms with van der Waals surface area (Å²) in [5.41, 5.74) is 1.13. The van der Waals surface area contributed by atoms with Crippen molar-refractivity contribution in [3.05, 3.63) is 72.3 Å². The second kappa shape index (κ2) is 11.9. The van der Waals surface area contributed by atoms with Crippen molar-refractivity contribution in [2.24, 2.45) is 0 Å². The van der Waals surface area contributed by atoms with E-state index < -0.39 is 0 Å². The third-order valence-electron chi connectivity index (χ3n) is 5.23. The van der Waals surface area contributed by atoms with Crippen LogP contribution in [-0.4, -0.2) is 57.2 Å². The maximum absolute atomic E-state index is 13.9. The molecule has 1 aromatic heterocycles. The number of para-hydroxylation sites is 2. The average molecular weight is 514 g/mol. The standard InChI is InChI=1S/C26H27N3O4S.ClH/c1-28(2)16-17-29(26-27-23-21(31-3)14-15-22(32-4)24(23)34-26)25(30)19-12-8-9-13-20(19)33-18-10-6-5-7-11-18;/h5-15H,16-17H2,1-4H3;1H. The SMILES string of the molecule is COc1ccc(OC)c2sc(N(CCN(C)C)C(=O)c3ccccc3Oc3ccccc3)nc12.Cl. The Morgan fingerprint density at radius 1 is 0.857 bits per heavy atom. The Kier molecular flexibility index (Phi) is 8.92. The molecule has 0 aliphatic heterocycles. The minimum Gasteiger partial charge on any atom is -0.495 e. The van der Waals surface area contributed by atoms with Crippen molar-refractivity contribution in [1.29, 1.82) is 0 Å². The molecule has 0 saturated carbocycles. The van der Waals surface area contributed by atoms with Crippen molar-refractivity contribution in [3.63, 3.8) is 0 Å². The molecule has 0 aliphatic rings. The molecule has 1 heterocycles. The van der Waals surface area contributed by atoms with Gasteiger partial charge in [0.2, 0.25) is 0 Å². The van der Waals surface area contributed by atoms with E-state index in [1.165, 1.54) is 11.3 Å². The third kappa shape index (κ3) is 5.85. The molecule has 7 nitrogen and oxygen atoms in total. The fourth-order valence-electron chi connectivity index (χ4n) is 3.47. The summed E-state index contributed by atoms with van der Waals surface area (Å²) in [6.07, 6.45) is 0. The molecular weight excluding hydrogens is 486 g/mol. The summed E-state index contributed by atoms with van der Waals surface area (Å²) in [6, 6.07) is 20.4. The van der Waals surface area contributed by atoms with Crippen LogP contribution >= 0.6 is 23.7 Å². The predicted octanol–water partition coefficient (Wildman–Crippen LogP) is 5.74. The van der Waals surface area contributed by atoms with Gasteiger partial charge in [0.15, 0.2) is 5.13 Å². The second-order valence-electron chi connectivity index (χ2n) is 7.82. The number of benzene rings is 3. The number of rotatable bonds is 9. The fraction of sp³-hybridized carbons (Fsp3) is 0.231. The number of ether oxygens (including phenoxy) is 3. The summed E-state index contributed by atoms with van der Waals surface area (Å²) in [5.74, 6) is 2.28. The first-order valence-electron chi connectivity index (χ1n) is 10.8. The highest BCUT2D eigenvalue weighted by atomic mass is 35.5. The van der Waals surface area contributed by atoms with Gasteiger partial charge < -0.3 is 19.1 Å². The minimum atomic E-state index is -0.189. The van der Waals surface area contributed by atoms with Gasteiger partial charge in [-0.15, -0.1) is 12.4 Å². The first kappa shape index (κ1) is 26.3. The molecule has 0 unspecified atom stereocenters. The van der Waals surface area contributed by atoms with Gasteiger partial charge in [-0.1, -0.05) is 41.7 Å². The van der Waals surface area contributed by atoms with Crippen molar-refractivity contribution in [3.8, 4) is 23.0 Å².